The molecule has 0 radical (unpaired) electrons. The SMILES string of the molecule is CCCC(=O)OC(C)C(=O)OCCCCC(=O)OCCOCCCCC(=O)OC(C)C(=O)C(=O)CCC(=O)O. The minimum absolute atomic E-state index is 0.0114. The number of hydrogen-bond donors (Lipinski definition) is 1. The van der Waals surface area contributed by atoms with Crippen LogP contribution in [0.2, 0.25) is 0 Å². The van der Waals surface area contributed by atoms with Crippen LogP contribution in [-0.2, 0) is 57.2 Å². The van der Waals surface area contributed by atoms with E-state index in [1.807, 2.05) is 6.92 Å². The highest BCUT2D eigenvalue weighted by Gasteiger charge is 2.24. The molecule has 0 aromatic carbocycles. The number of carboxylic acids is 1. The summed E-state index contributed by atoms with van der Waals surface area (Å²) < 4.78 is 25.2. The summed E-state index contributed by atoms with van der Waals surface area (Å²) in [4.78, 5) is 80.4. The summed E-state index contributed by atoms with van der Waals surface area (Å²) in [7, 11) is 0. The lowest BCUT2D eigenvalue weighted by molar-refractivity contribution is -0.166. The summed E-state index contributed by atoms with van der Waals surface area (Å²) in [5, 5.41) is 8.54. The van der Waals surface area contributed by atoms with Gasteiger partial charge in [0.25, 0.3) is 0 Å². The van der Waals surface area contributed by atoms with Gasteiger partial charge < -0.3 is 28.8 Å². The quantitative estimate of drug-likeness (QED) is 0.0829. The van der Waals surface area contributed by atoms with E-state index in [4.69, 9.17) is 28.8 Å². The maximum Gasteiger partial charge on any atom is 0.347 e. The van der Waals surface area contributed by atoms with E-state index in [9.17, 15) is 33.6 Å². The van der Waals surface area contributed by atoms with Crippen LogP contribution in [-0.4, -0.2) is 85.2 Å². The fourth-order valence-electron chi connectivity index (χ4n) is 2.91. The van der Waals surface area contributed by atoms with Gasteiger partial charge in [-0.05, 0) is 46.0 Å². The molecule has 0 aliphatic heterocycles. The van der Waals surface area contributed by atoms with E-state index < -0.39 is 66.5 Å². The number of carbonyl (C=O) groups excluding carboxylic acids is 6. The van der Waals surface area contributed by atoms with Crippen LogP contribution in [0.1, 0.15) is 85.0 Å². The van der Waals surface area contributed by atoms with Gasteiger partial charge in [0.05, 0.1) is 19.6 Å². The fourth-order valence-corrected chi connectivity index (χ4v) is 2.91. The van der Waals surface area contributed by atoms with Crippen molar-refractivity contribution in [1.82, 2.24) is 0 Å². The van der Waals surface area contributed by atoms with Crippen LogP contribution < -0.4 is 0 Å². The van der Waals surface area contributed by atoms with Crippen LogP contribution in [0.5, 0.6) is 0 Å². The molecular weight excluding hydrogens is 520 g/mol. The molecule has 2 atom stereocenters. The molecule has 39 heavy (non-hydrogen) atoms. The van der Waals surface area contributed by atoms with E-state index in [1.165, 1.54) is 13.8 Å². The highest BCUT2D eigenvalue weighted by Crippen LogP contribution is 2.05. The number of esters is 4. The monoisotopic (exact) mass is 560 g/mol. The second kappa shape index (κ2) is 21.6. The third-order valence-corrected chi connectivity index (χ3v) is 5.04. The number of aliphatic carboxylic acids is 1. The molecule has 0 bridgehead atoms. The third kappa shape index (κ3) is 19.4. The molecule has 0 spiro atoms. The first kappa shape index (κ1) is 35.6. The van der Waals surface area contributed by atoms with Crippen LogP contribution in [0.4, 0.5) is 0 Å². The second-order valence-corrected chi connectivity index (χ2v) is 8.61. The van der Waals surface area contributed by atoms with Crippen LogP contribution in [0.15, 0.2) is 0 Å². The van der Waals surface area contributed by atoms with E-state index in [1.54, 1.807) is 0 Å². The number of ketones is 2. The van der Waals surface area contributed by atoms with Crippen molar-refractivity contribution >= 4 is 41.4 Å². The average molecular weight is 561 g/mol. The van der Waals surface area contributed by atoms with Gasteiger partial charge in [-0.25, -0.2) is 4.79 Å². The smallest absolute Gasteiger partial charge is 0.347 e. The fraction of sp³-hybridized carbons (Fsp3) is 0.731. The summed E-state index contributed by atoms with van der Waals surface area (Å²) in [6.07, 6.45) is -0.322. The average Bonchev–Trinajstić information content (AvgIpc) is 2.87. The molecule has 0 saturated heterocycles. The van der Waals surface area contributed by atoms with Gasteiger partial charge in [-0.2, -0.15) is 0 Å². The van der Waals surface area contributed by atoms with Crippen LogP contribution in [0.3, 0.4) is 0 Å². The van der Waals surface area contributed by atoms with E-state index in [0.29, 0.717) is 38.7 Å². The Morgan fingerprint density at radius 2 is 1.21 bits per heavy atom. The predicted molar refractivity (Wildman–Crippen MR) is 133 cm³/mol. The van der Waals surface area contributed by atoms with Crippen molar-refractivity contribution in [3.8, 4) is 0 Å². The van der Waals surface area contributed by atoms with E-state index in [-0.39, 0.29) is 39.1 Å². The number of Topliss-reactive ketones (excluding diaryl/α,β-unsaturated/α-hetero) is 2. The molecule has 0 rings (SSSR count). The molecule has 13 nitrogen and oxygen atoms in total. The van der Waals surface area contributed by atoms with Crippen LogP contribution >= 0.6 is 0 Å². The Hall–Kier alpha value is -3.35. The lowest BCUT2D eigenvalue weighted by Gasteiger charge is -2.12. The maximum absolute atomic E-state index is 11.8. The van der Waals surface area contributed by atoms with Crippen molar-refractivity contribution in [3.05, 3.63) is 0 Å². The first-order chi connectivity index (χ1) is 18.5. The summed E-state index contributed by atoms with van der Waals surface area (Å²) in [5.41, 5.74) is 0. The Labute approximate surface area is 227 Å². The zero-order valence-corrected chi connectivity index (χ0v) is 22.9. The Morgan fingerprint density at radius 3 is 1.85 bits per heavy atom. The molecule has 222 valence electrons. The molecule has 1 N–H and O–H groups in total. The predicted octanol–water partition coefficient (Wildman–Crippen LogP) is 2.10. The molecule has 0 aromatic rings. The highest BCUT2D eigenvalue weighted by atomic mass is 16.6. The second-order valence-electron chi connectivity index (χ2n) is 8.61. The standard InChI is InChI=1S/C26H40O13/c1-4-9-23(31)39-19(3)26(34)37-15-8-6-10-22(30)36-17-16-35-14-7-5-11-24(32)38-18(2)25(33)20(27)12-13-21(28)29/h18-19H,4-17H2,1-3H3,(H,28,29). The number of carbonyl (C=O) groups is 7. The van der Waals surface area contributed by atoms with Crippen molar-refractivity contribution in [2.75, 3.05) is 26.4 Å². The summed E-state index contributed by atoms with van der Waals surface area (Å²) in [6.45, 7) is 5.16. The van der Waals surface area contributed by atoms with Gasteiger partial charge in [0.15, 0.2) is 12.2 Å². The van der Waals surface area contributed by atoms with Crippen LogP contribution in [0, 0.1) is 0 Å². The Bertz CT molecular complexity index is 821. The van der Waals surface area contributed by atoms with Crippen molar-refractivity contribution < 1.29 is 62.4 Å². The summed E-state index contributed by atoms with van der Waals surface area (Å²) in [6, 6.07) is 0. The molecule has 0 aromatic heterocycles. The molecule has 0 heterocycles. The molecule has 2 unspecified atom stereocenters. The first-order valence-electron chi connectivity index (χ1n) is 13.1. The Morgan fingerprint density at radius 1 is 0.615 bits per heavy atom. The lowest BCUT2D eigenvalue weighted by atomic mass is 10.1. The molecule has 0 aliphatic carbocycles. The van der Waals surface area contributed by atoms with Gasteiger partial charge in [0.2, 0.25) is 11.6 Å². The molecule has 0 saturated carbocycles. The number of hydrogen-bond acceptors (Lipinski definition) is 12. The Balaban J connectivity index is 3.73. The molecule has 0 amide bonds. The molecular formula is C26H40O13. The van der Waals surface area contributed by atoms with E-state index in [0.717, 1.165) is 0 Å². The molecule has 13 heteroatoms. The van der Waals surface area contributed by atoms with Gasteiger partial charge in [-0.15, -0.1) is 0 Å². The minimum Gasteiger partial charge on any atom is -0.481 e. The molecule has 0 aliphatic rings. The molecule has 0 fully saturated rings. The third-order valence-electron chi connectivity index (χ3n) is 5.04. The zero-order valence-electron chi connectivity index (χ0n) is 22.9. The number of rotatable bonds is 23. The lowest BCUT2D eigenvalue weighted by Crippen LogP contribution is -2.30. The van der Waals surface area contributed by atoms with Gasteiger partial charge >= 0.3 is 29.8 Å². The first-order valence-corrected chi connectivity index (χ1v) is 13.1. The van der Waals surface area contributed by atoms with Gasteiger partial charge in [0.1, 0.15) is 6.61 Å². The van der Waals surface area contributed by atoms with Gasteiger partial charge in [-0.1, -0.05) is 6.92 Å². The number of ether oxygens (including phenoxy) is 5. The van der Waals surface area contributed by atoms with Gasteiger partial charge in [-0.3, -0.25) is 28.8 Å². The summed E-state index contributed by atoms with van der Waals surface area (Å²) in [5.74, 6) is -5.21. The number of carboxylic acid groups (broad SMARTS) is 1. The summed E-state index contributed by atoms with van der Waals surface area (Å²) >= 11 is 0. The highest BCUT2D eigenvalue weighted by molar-refractivity contribution is 6.39. The van der Waals surface area contributed by atoms with Gasteiger partial charge in [0, 0.05) is 32.3 Å². The van der Waals surface area contributed by atoms with Crippen molar-refractivity contribution in [2.45, 2.75) is 97.2 Å². The van der Waals surface area contributed by atoms with E-state index >= 15 is 0 Å². The maximum atomic E-state index is 11.8. The minimum atomic E-state index is -1.27. The Kier molecular flexibility index (Phi) is 19.7. The van der Waals surface area contributed by atoms with Crippen molar-refractivity contribution in [1.29, 1.82) is 0 Å². The largest absolute Gasteiger partial charge is 0.481 e. The normalized spacial score (nSPS) is 12.1. The number of unbranched alkanes of at least 4 members (excludes halogenated alkanes) is 2. The van der Waals surface area contributed by atoms with Crippen molar-refractivity contribution in [3.63, 3.8) is 0 Å². The van der Waals surface area contributed by atoms with Crippen LogP contribution in [0.25, 0.3) is 0 Å². The van der Waals surface area contributed by atoms with E-state index in [2.05, 4.69) is 0 Å². The van der Waals surface area contributed by atoms with Crippen molar-refractivity contribution in [2.24, 2.45) is 0 Å². The zero-order chi connectivity index (χ0) is 29.6. The topological polar surface area (TPSA) is 186 Å².